The molecule has 0 aliphatic carbocycles. The van der Waals surface area contributed by atoms with E-state index in [4.69, 9.17) is 11.5 Å². The van der Waals surface area contributed by atoms with Crippen molar-refractivity contribution < 1.29 is 4.79 Å². The zero-order valence-electron chi connectivity index (χ0n) is 10.2. The second-order valence-corrected chi connectivity index (χ2v) is 4.19. The van der Waals surface area contributed by atoms with Gasteiger partial charge in [-0.25, -0.2) is 0 Å². The van der Waals surface area contributed by atoms with Gasteiger partial charge in [-0.3, -0.25) is 9.78 Å². The lowest BCUT2D eigenvalue weighted by molar-refractivity contribution is 0.0992. The first kappa shape index (κ1) is 12.1. The molecule has 0 amide bonds. The van der Waals surface area contributed by atoms with E-state index >= 15 is 0 Å². The van der Waals surface area contributed by atoms with Crippen LogP contribution in [0.1, 0.15) is 21.5 Å². The first-order valence-corrected chi connectivity index (χ1v) is 5.66. The number of rotatable bonds is 3. The Morgan fingerprint density at radius 1 is 1.22 bits per heavy atom. The third-order valence-corrected chi connectivity index (χ3v) is 2.97. The lowest BCUT2D eigenvalue weighted by Gasteiger charge is -2.08. The second kappa shape index (κ2) is 4.87. The van der Waals surface area contributed by atoms with Crippen LogP contribution in [-0.4, -0.2) is 10.8 Å². The van der Waals surface area contributed by atoms with Gasteiger partial charge >= 0.3 is 0 Å². The molecule has 4 N–H and O–H groups in total. The fraction of sp³-hybridized carbons (Fsp3) is 0.143. The molecule has 18 heavy (non-hydrogen) atoms. The number of hydrogen-bond acceptors (Lipinski definition) is 4. The average molecular weight is 241 g/mol. The minimum absolute atomic E-state index is 0.000463. The summed E-state index contributed by atoms with van der Waals surface area (Å²) >= 11 is 0. The van der Waals surface area contributed by atoms with Crippen LogP contribution in [0.2, 0.25) is 0 Å². The highest BCUT2D eigenvalue weighted by molar-refractivity contribution is 6.00. The van der Waals surface area contributed by atoms with Gasteiger partial charge in [0.05, 0.1) is 0 Å². The van der Waals surface area contributed by atoms with E-state index in [1.165, 1.54) is 0 Å². The molecule has 1 aromatic carbocycles. The molecule has 1 aromatic heterocycles. The molecule has 4 heteroatoms. The number of nitrogens with two attached hydrogens (primary N) is 2. The molecule has 0 saturated heterocycles. The summed E-state index contributed by atoms with van der Waals surface area (Å²) in [5.41, 5.74) is 15.0. The zero-order valence-corrected chi connectivity index (χ0v) is 10.2. The molecule has 0 spiro atoms. The summed E-state index contributed by atoms with van der Waals surface area (Å²) in [6, 6.07) is 7.03. The Bertz CT molecular complexity index is 593. The number of pyridine rings is 1. The molecular weight excluding hydrogens is 226 g/mol. The van der Waals surface area contributed by atoms with E-state index in [1.807, 2.05) is 6.92 Å². The largest absolute Gasteiger partial charge is 0.398 e. The van der Waals surface area contributed by atoms with Crippen LogP contribution >= 0.6 is 0 Å². The van der Waals surface area contributed by atoms with E-state index in [-0.39, 0.29) is 12.2 Å². The van der Waals surface area contributed by atoms with E-state index in [1.54, 1.807) is 36.7 Å². The number of Topliss-reactive ketones (excluding diaryl/α,β-unsaturated/α-hetero) is 1. The normalized spacial score (nSPS) is 10.3. The minimum Gasteiger partial charge on any atom is -0.398 e. The highest BCUT2D eigenvalue weighted by atomic mass is 16.1. The molecule has 0 bridgehead atoms. The number of hydrogen-bond donors (Lipinski definition) is 2. The van der Waals surface area contributed by atoms with Crippen molar-refractivity contribution in [2.45, 2.75) is 13.3 Å². The molecule has 1 heterocycles. The number of ketones is 1. The Hall–Kier alpha value is -2.36. The van der Waals surface area contributed by atoms with Crippen molar-refractivity contribution in [3.8, 4) is 0 Å². The Morgan fingerprint density at radius 2 is 2.00 bits per heavy atom. The maximum atomic E-state index is 12.2. The van der Waals surface area contributed by atoms with Gasteiger partial charge in [0.2, 0.25) is 0 Å². The van der Waals surface area contributed by atoms with Crippen LogP contribution in [0.4, 0.5) is 11.4 Å². The van der Waals surface area contributed by atoms with Crippen LogP contribution in [0.5, 0.6) is 0 Å². The molecule has 0 atom stereocenters. The molecule has 0 saturated carbocycles. The van der Waals surface area contributed by atoms with Gasteiger partial charge < -0.3 is 11.5 Å². The fourth-order valence-corrected chi connectivity index (χ4v) is 1.81. The fourth-order valence-electron chi connectivity index (χ4n) is 1.81. The SMILES string of the molecule is Cc1c(N)cccc1C(=O)Cc1cnccc1N. The van der Waals surface area contributed by atoms with Gasteiger partial charge in [-0.1, -0.05) is 12.1 Å². The molecule has 2 rings (SSSR count). The zero-order chi connectivity index (χ0) is 13.1. The van der Waals surface area contributed by atoms with E-state index in [0.29, 0.717) is 16.9 Å². The van der Waals surface area contributed by atoms with Crippen LogP contribution < -0.4 is 11.5 Å². The minimum atomic E-state index is -0.000463. The lowest BCUT2D eigenvalue weighted by atomic mass is 9.98. The van der Waals surface area contributed by atoms with Crippen LogP contribution in [0.15, 0.2) is 36.7 Å². The highest BCUT2D eigenvalue weighted by Crippen LogP contribution is 2.19. The van der Waals surface area contributed by atoms with Crippen LogP contribution in [0, 0.1) is 6.92 Å². The Kier molecular flexibility index (Phi) is 3.28. The summed E-state index contributed by atoms with van der Waals surface area (Å²) in [7, 11) is 0. The molecule has 0 unspecified atom stereocenters. The van der Waals surface area contributed by atoms with Gasteiger partial charge in [-0.2, -0.15) is 0 Å². The molecule has 0 aliphatic rings. The van der Waals surface area contributed by atoms with Crippen molar-refractivity contribution in [1.29, 1.82) is 0 Å². The third kappa shape index (κ3) is 2.32. The Morgan fingerprint density at radius 3 is 2.72 bits per heavy atom. The van der Waals surface area contributed by atoms with E-state index < -0.39 is 0 Å². The Balaban J connectivity index is 2.28. The molecule has 0 fully saturated rings. The van der Waals surface area contributed by atoms with Crippen molar-refractivity contribution in [2.75, 3.05) is 11.5 Å². The Labute approximate surface area is 106 Å². The van der Waals surface area contributed by atoms with E-state index in [2.05, 4.69) is 4.98 Å². The van der Waals surface area contributed by atoms with Gasteiger partial charge in [0.1, 0.15) is 0 Å². The van der Waals surface area contributed by atoms with Gasteiger partial charge in [0.15, 0.2) is 5.78 Å². The molecule has 92 valence electrons. The van der Waals surface area contributed by atoms with Gasteiger partial charge in [0, 0.05) is 41.3 Å². The number of benzene rings is 1. The van der Waals surface area contributed by atoms with Crippen molar-refractivity contribution in [2.24, 2.45) is 0 Å². The first-order valence-electron chi connectivity index (χ1n) is 5.66. The van der Waals surface area contributed by atoms with Crippen LogP contribution in [-0.2, 0) is 6.42 Å². The lowest BCUT2D eigenvalue weighted by Crippen LogP contribution is -2.09. The molecular formula is C14H15N3O. The van der Waals surface area contributed by atoms with E-state index in [0.717, 1.165) is 11.1 Å². The quantitative estimate of drug-likeness (QED) is 0.636. The third-order valence-electron chi connectivity index (χ3n) is 2.97. The smallest absolute Gasteiger partial charge is 0.167 e. The van der Waals surface area contributed by atoms with Crippen LogP contribution in [0.3, 0.4) is 0 Å². The van der Waals surface area contributed by atoms with E-state index in [9.17, 15) is 4.79 Å². The van der Waals surface area contributed by atoms with Crippen molar-refractivity contribution >= 4 is 17.2 Å². The maximum Gasteiger partial charge on any atom is 0.167 e. The number of carbonyl (C=O) groups is 1. The molecule has 0 aliphatic heterocycles. The summed E-state index contributed by atoms with van der Waals surface area (Å²) in [4.78, 5) is 16.2. The number of nitrogen functional groups attached to an aromatic ring is 2. The topological polar surface area (TPSA) is 82.0 Å². The van der Waals surface area contributed by atoms with Crippen LogP contribution in [0.25, 0.3) is 0 Å². The number of aromatic nitrogens is 1. The maximum absolute atomic E-state index is 12.2. The first-order chi connectivity index (χ1) is 8.59. The average Bonchev–Trinajstić information content (AvgIpc) is 2.35. The monoisotopic (exact) mass is 241 g/mol. The van der Waals surface area contributed by atoms with Gasteiger partial charge in [-0.05, 0) is 24.6 Å². The predicted molar refractivity (Wildman–Crippen MR) is 72.3 cm³/mol. The van der Waals surface area contributed by atoms with Gasteiger partial charge in [0.25, 0.3) is 0 Å². The van der Waals surface area contributed by atoms with Crippen molar-refractivity contribution in [1.82, 2.24) is 4.98 Å². The highest BCUT2D eigenvalue weighted by Gasteiger charge is 2.12. The predicted octanol–water partition coefficient (Wildman–Crippen LogP) is 1.98. The standard InChI is InChI=1S/C14H15N3O/c1-9-11(3-2-4-12(9)15)14(18)7-10-8-17-6-5-13(10)16/h2-6,8H,7,15H2,1H3,(H2,16,17). The summed E-state index contributed by atoms with van der Waals surface area (Å²) in [5, 5.41) is 0. The summed E-state index contributed by atoms with van der Waals surface area (Å²) in [5.74, 6) is -0.000463. The summed E-state index contributed by atoms with van der Waals surface area (Å²) in [6.45, 7) is 1.84. The van der Waals surface area contributed by atoms with Crippen molar-refractivity contribution in [3.63, 3.8) is 0 Å². The van der Waals surface area contributed by atoms with Crippen molar-refractivity contribution in [3.05, 3.63) is 53.3 Å². The number of anilines is 2. The molecule has 2 aromatic rings. The van der Waals surface area contributed by atoms with Gasteiger partial charge in [-0.15, -0.1) is 0 Å². The number of nitrogens with zero attached hydrogens (tertiary/aromatic N) is 1. The second-order valence-electron chi connectivity index (χ2n) is 4.19. The molecule has 0 radical (unpaired) electrons. The number of carbonyl (C=O) groups excluding carboxylic acids is 1. The summed E-state index contributed by atoms with van der Waals surface area (Å²) in [6.07, 6.45) is 3.47. The molecule has 4 nitrogen and oxygen atoms in total. The summed E-state index contributed by atoms with van der Waals surface area (Å²) < 4.78 is 0.